The predicted octanol–water partition coefficient (Wildman–Crippen LogP) is 0.0214. The van der Waals surface area contributed by atoms with E-state index in [-0.39, 0.29) is 60.4 Å². The van der Waals surface area contributed by atoms with Crippen molar-refractivity contribution in [2.45, 2.75) is 44.9 Å². The average Bonchev–Trinajstić information content (AvgIpc) is 3.27. The number of halogens is 1. The summed E-state index contributed by atoms with van der Waals surface area (Å²) in [7, 11) is 1.64. The fraction of sp³-hybridized carbons (Fsp3) is 0.520. The van der Waals surface area contributed by atoms with Crippen LogP contribution in [0.4, 0.5) is 10.1 Å². The second-order valence-electron chi connectivity index (χ2n) is 10.5. The Hall–Kier alpha value is -3.87. The fourth-order valence-corrected chi connectivity index (χ4v) is 6.38. The summed E-state index contributed by atoms with van der Waals surface area (Å²) in [5.41, 5.74) is -1.61. The van der Waals surface area contributed by atoms with Crippen LogP contribution in [0, 0.1) is 11.2 Å². The van der Waals surface area contributed by atoms with Crippen LogP contribution in [0.1, 0.15) is 36.3 Å². The molecular formula is C25H26FN5O7. The van der Waals surface area contributed by atoms with Gasteiger partial charge in [-0.05, 0) is 31.9 Å². The van der Waals surface area contributed by atoms with Gasteiger partial charge in [0.1, 0.15) is 12.0 Å². The van der Waals surface area contributed by atoms with E-state index in [0.717, 1.165) is 0 Å². The topological polar surface area (TPSA) is 142 Å². The van der Waals surface area contributed by atoms with Crippen LogP contribution in [0.15, 0.2) is 10.6 Å². The van der Waals surface area contributed by atoms with Crippen molar-refractivity contribution in [2.24, 2.45) is 5.41 Å². The van der Waals surface area contributed by atoms with Crippen LogP contribution in [0.3, 0.4) is 0 Å². The molecule has 1 aromatic heterocycles. The predicted molar refractivity (Wildman–Crippen MR) is 128 cm³/mol. The second kappa shape index (κ2) is 8.32. The molecule has 6 rings (SSSR count). The Kier molecular flexibility index (Phi) is 5.35. The smallest absolute Gasteiger partial charge is 0.277 e. The summed E-state index contributed by atoms with van der Waals surface area (Å²) in [5, 5.41) is 6.23. The van der Waals surface area contributed by atoms with E-state index in [1.54, 1.807) is 25.8 Å². The van der Waals surface area contributed by atoms with Crippen molar-refractivity contribution in [3.05, 3.63) is 23.1 Å². The lowest BCUT2D eigenvalue weighted by molar-refractivity contribution is -0.158. The van der Waals surface area contributed by atoms with Crippen LogP contribution in [-0.4, -0.2) is 95.8 Å². The highest BCUT2D eigenvalue weighted by Crippen LogP contribution is 2.50. The van der Waals surface area contributed by atoms with E-state index in [9.17, 15) is 24.0 Å². The number of aromatic nitrogens is 1. The van der Waals surface area contributed by atoms with Crippen molar-refractivity contribution in [1.29, 1.82) is 0 Å². The summed E-state index contributed by atoms with van der Waals surface area (Å²) in [6.45, 7) is 4.18. The Bertz CT molecular complexity index is 1420. The lowest BCUT2D eigenvalue weighted by atomic mass is 9.63. The molecule has 0 bridgehead atoms. The van der Waals surface area contributed by atoms with Gasteiger partial charge in [0.05, 0.1) is 35.7 Å². The number of rotatable bonds is 1. The SMILES string of the molecule is C[C@@H]1CN2c3c(cc4c(C(=O)N5CCN(C)C(=O)C5)noc4c3F)CC3(C(=O)CC(=O)NC3=O)[C@H]2[C@H](C)O1. The van der Waals surface area contributed by atoms with E-state index in [0.29, 0.717) is 12.1 Å². The number of anilines is 1. The number of carbonyl (C=O) groups is 5. The van der Waals surface area contributed by atoms with Gasteiger partial charge < -0.3 is 24.0 Å². The van der Waals surface area contributed by atoms with Gasteiger partial charge in [0.25, 0.3) is 5.91 Å². The van der Waals surface area contributed by atoms with Crippen molar-refractivity contribution in [3.63, 3.8) is 0 Å². The number of benzene rings is 1. The first-order valence-corrected chi connectivity index (χ1v) is 12.5. The monoisotopic (exact) mass is 527 g/mol. The number of piperidine rings is 1. The highest BCUT2D eigenvalue weighted by molar-refractivity contribution is 6.22. The average molecular weight is 528 g/mol. The first kappa shape index (κ1) is 24.5. The zero-order chi connectivity index (χ0) is 27.1. The number of likely N-dealkylation sites (N-methyl/N-ethyl adjacent to an activating group) is 1. The summed E-state index contributed by atoms with van der Waals surface area (Å²) in [6.07, 6.45) is -1.65. The largest absolute Gasteiger partial charge is 0.372 e. The molecule has 4 amide bonds. The lowest BCUT2D eigenvalue weighted by Gasteiger charge is -2.55. The normalized spacial score (nSPS) is 29.6. The molecule has 4 atom stereocenters. The molecule has 1 N–H and O–H groups in total. The number of ketones is 1. The molecule has 1 aromatic carbocycles. The second-order valence-corrected chi connectivity index (χ2v) is 10.5. The van der Waals surface area contributed by atoms with Crippen LogP contribution in [0.2, 0.25) is 0 Å². The van der Waals surface area contributed by atoms with Gasteiger partial charge in [-0.25, -0.2) is 4.39 Å². The number of morpholine rings is 1. The summed E-state index contributed by atoms with van der Waals surface area (Å²) in [5.74, 6) is -3.58. The molecule has 2 aromatic rings. The summed E-state index contributed by atoms with van der Waals surface area (Å²) in [6, 6.07) is 0.661. The van der Waals surface area contributed by atoms with Gasteiger partial charge in [0, 0.05) is 26.7 Å². The highest BCUT2D eigenvalue weighted by atomic mass is 19.1. The Morgan fingerprint density at radius 2 is 1.97 bits per heavy atom. The fourth-order valence-electron chi connectivity index (χ4n) is 6.38. The Balaban J connectivity index is 1.50. The molecule has 1 unspecified atom stereocenters. The number of hydrogen-bond acceptors (Lipinski definition) is 9. The van der Waals surface area contributed by atoms with Crippen molar-refractivity contribution >= 4 is 46.1 Å². The van der Waals surface area contributed by atoms with Crippen molar-refractivity contribution in [1.82, 2.24) is 20.3 Å². The molecule has 4 aliphatic rings. The van der Waals surface area contributed by atoms with Crippen molar-refractivity contribution < 1.29 is 37.6 Å². The van der Waals surface area contributed by atoms with E-state index in [1.807, 2.05) is 0 Å². The van der Waals surface area contributed by atoms with E-state index in [2.05, 4.69) is 10.5 Å². The summed E-state index contributed by atoms with van der Waals surface area (Å²) >= 11 is 0. The molecule has 0 radical (unpaired) electrons. The first-order valence-electron chi connectivity index (χ1n) is 12.5. The molecule has 0 saturated carbocycles. The van der Waals surface area contributed by atoms with Gasteiger partial charge in [0.15, 0.2) is 17.3 Å². The summed E-state index contributed by atoms with van der Waals surface area (Å²) in [4.78, 5) is 68.7. The molecule has 5 heterocycles. The van der Waals surface area contributed by atoms with Crippen LogP contribution in [-0.2, 0) is 30.3 Å². The number of Topliss-reactive ketones (excluding diaryl/α,β-unsaturated/α-hetero) is 1. The number of ether oxygens (including phenoxy) is 1. The van der Waals surface area contributed by atoms with Gasteiger partial charge >= 0.3 is 0 Å². The molecule has 3 saturated heterocycles. The molecule has 1 spiro atoms. The van der Waals surface area contributed by atoms with Gasteiger partial charge in [-0.1, -0.05) is 5.16 Å². The lowest BCUT2D eigenvalue weighted by Crippen LogP contribution is -2.72. The van der Waals surface area contributed by atoms with Crippen LogP contribution in [0.5, 0.6) is 0 Å². The number of imide groups is 1. The minimum Gasteiger partial charge on any atom is -0.372 e. The summed E-state index contributed by atoms with van der Waals surface area (Å²) < 4.78 is 27.5. The molecule has 0 aliphatic carbocycles. The van der Waals surface area contributed by atoms with E-state index >= 15 is 4.39 Å². The number of hydrogen-bond donors (Lipinski definition) is 1. The zero-order valence-corrected chi connectivity index (χ0v) is 21.1. The third-order valence-corrected chi connectivity index (χ3v) is 8.12. The number of piperazine rings is 1. The minimum atomic E-state index is -1.69. The molecule has 13 heteroatoms. The Morgan fingerprint density at radius 3 is 2.68 bits per heavy atom. The Labute approximate surface area is 216 Å². The highest BCUT2D eigenvalue weighted by Gasteiger charge is 2.62. The molecule has 38 heavy (non-hydrogen) atoms. The van der Waals surface area contributed by atoms with E-state index in [1.165, 1.54) is 15.9 Å². The maximum absolute atomic E-state index is 16.2. The quantitative estimate of drug-likeness (QED) is 0.401. The van der Waals surface area contributed by atoms with E-state index in [4.69, 9.17) is 9.26 Å². The third-order valence-electron chi connectivity index (χ3n) is 8.12. The first-order chi connectivity index (χ1) is 18.0. The molecular weight excluding hydrogens is 501 g/mol. The number of carbonyl (C=O) groups excluding carboxylic acids is 5. The maximum atomic E-state index is 16.2. The van der Waals surface area contributed by atoms with Crippen LogP contribution >= 0.6 is 0 Å². The number of fused-ring (bicyclic) bond motifs is 5. The molecule has 200 valence electrons. The van der Waals surface area contributed by atoms with Crippen molar-refractivity contribution in [2.75, 3.05) is 38.1 Å². The van der Waals surface area contributed by atoms with Crippen molar-refractivity contribution in [3.8, 4) is 0 Å². The molecule has 3 fully saturated rings. The molecule has 12 nitrogen and oxygen atoms in total. The third kappa shape index (κ3) is 3.30. The van der Waals surface area contributed by atoms with Gasteiger partial charge in [-0.15, -0.1) is 0 Å². The van der Waals surface area contributed by atoms with Gasteiger partial charge in [0.2, 0.25) is 23.3 Å². The number of nitrogens with zero attached hydrogens (tertiary/aromatic N) is 4. The molecule has 4 aliphatic heterocycles. The number of amides is 4. The van der Waals surface area contributed by atoms with Crippen LogP contribution < -0.4 is 10.2 Å². The minimum absolute atomic E-state index is 0.0836. The standard InChI is InChI=1S/C25H26FN5O7/c1-11-9-31-20-13(8-25(22(31)12(2)37-11)15(32)7-16(33)27-24(25)36)6-14-19(28-38-21(14)18(20)26)23(35)30-5-4-29(3)17(34)10-30/h6,11-12,22H,4-5,7-10H2,1-3H3,(H,27,33,36)/t11-,12+,22-,25?/m1/s1. The van der Waals surface area contributed by atoms with E-state index < -0.39 is 53.3 Å². The zero-order valence-electron chi connectivity index (χ0n) is 21.1. The Morgan fingerprint density at radius 1 is 1.21 bits per heavy atom. The van der Waals surface area contributed by atoms with Crippen LogP contribution in [0.25, 0.3) is 11.0 Å². The van der Waals surface area contributed by atoms with Gasteiger partial charge in [-0.2, -0.15) is 0 Å². The number of nitrogens with one attached hydrogen (secondary N) is 1. The maximum Gasteiger partial charge on any atom is 0.277 e. The van der Waals surface area contributed by atoms with Gasteiger partial charge in [-0.3, -0.25) is 29.3 Å².